The molecule has 1 unspecified atom stereocenters. The van der Waals surface area contributed by atoms with Crippen LogP contribution in [-0.4, -0.2) is 15.1 Å². The maximum absolute atomic E-state index is 11.0. The number of hydrogen-bond donors (Lipinski definition) is 2. The van der Waals surface area contributed by atoms with Gasteiger partial charge in [-0.25, -0.2) is 9.97 Å². The van der Waals surface area contributed by atoms with E-state index in [2.05, 4.69) is 34.3 Å². The van der Waals surface area contributed by atoms with Crippen LogP contribution in [0.4, 0.5) is 5.82 Å². The van der Waals surface area contributed by atoms with Gasteiger partial charge >= 0.3 is 0 Å². The van der Waals surface area contributed by atoms with Crippen LogP contribution in [-0.2, 0) is 0 Å². The molecule has 4 aromatic rings. The zero-order valence-electron chi connectivity index (χ0n) is 15.5. The molecule has 0 saturated heterocycles. The fourth-order valence-electron chi connectivity index (χ4n) is 3.20. The summed E-state index contributed by atoms with van der Waals surface area (Å²) in [6.07, 6.45) is 0. The van der Waals surface area contributed by atoms with E-state index >= 15 is 0 Å². The lowest BCUT2D eigenvalue weighted by atomic mass is 10.0. The van der Waals surface area contributed by atoms with E-state index in [1.165, 1.54) is 4.88 Å². The van der Waals surface area contributed by atoms with Gasteiger partial charge in [0.2, 0.25) is 0 Å². The number of aromatic hydroxyl groups is 1. The summed E-state index contributed by atoms with van der Waals surface area (Å²) in [5.41, 5.74) is 3.25. The molecular formula is C22H21N3OS. The first kappa shape index (κ1) is 17.5. The fourth-order valence-corrected chi connectivity index (χ4v) is 4.15. The van der Waals surface area contributed by atoms with Gasteiger partial charge in [-0.05, 0) is 51.1 Å². The summed E-state index contributed by atoms with van der Waals surface area (Å²) in [6, 6.07) is 17.8. The SMILES string of the molecule is Cc1cccc(NC(c2ccc(C)s2)c2ccc3ccc(C)nc3c2O)n1. The van der Waals surface area contributed by atoms with E-state index in [0.717, 1.165) is 33.0 Å². The van der Waals surface area contributed by atoms with E-state index in [0.29, 0.717) is 5.52 Å². The van der Waals surface area contributed by atoms with Crippen molar-refractivity contribution in [1.29, 1.82) is 0 Å². The molecule has 0 radical (unpaired) electrons. The third-order valence-electron chi connectivity index (χ3n) is 4.54. The van der Waals surface area contributed by atoms with Gasteiger partial charge in [-0.3, -0.25) is 0 Å². The highest BCUT2D eigenvalue weighted by atomic mass is 32.1. The largest absolute Gasteiger partial charge is 0.505 e. The first-order valence-electron chi connectivity index (χ1n) is 8.87. The lowest BCUT2D eigenvalue weighted by Gasteiger charge is -2.21. The van der Waals surface area contributed by atoms with Gasteiger partial charge in [0.1, 0.15) is 17.1 Å². The molecule has 0 aliphatic rings. The fraction of sp³-hybridized carbons (Fsp3) is 0.182. The summed E-state index contributed by atoms with van der Waals surface area (Å²) in [5, 5.41) is 15.5. The molecule has 3 aromatic heterocycles. The molecule has 0 amide bonds. The smallest absolute Gasteiger partial charge is 0.147 e. The number of rotatable bonds is 4. The minimum Gasteiger partial charge on any atom is -0.505 e. The van der Waals surface area contributed by atoms with E-state index in [1.54, 1.807) is 11.3 Å². The molecule has 0 spiro atoms. The zero-order chi connectivity index (χ0) is 19.0. The van der Waals surface area contributed by atoms with Crippen LogP contribution in [0.25, 0.3) is 10.9 Å². The van der Waals surface area contributed by atoms with Crippen LogP contribution >= 0.6 is 11.3 Å². The Morgan fingerprint density at radius 1 is 0.889 bits per heavy atom. The van der Waals surface area contributed by atoms with Crippen molar-refractivity contribution in [2.24, 2.45) is 0 Å². The van der Waals surface area contributed by atoms with Crippen molar-refractivity contribution in [1.82, 2.24) is 9.97 Å². The van der Waals surface area contributed by atoms with Crippen molar-refractivity contribution < 1.29 is 5.11 Å². The standard InChI is InChI=1S/C22H21N3OS/c1-13-5-4-6-19(23-13)25-21(18-12-8-15(3)27-18)17-11-10-16-9-7-14(2)24-20(16)22(17)26/h4-12,21,26H,1-3H3,(H,23,25). The Bertz CT molecular complexity index is 1120. The van der Waals surface area contributed by atoms with Crippen LogP contribution < -0.4 is 5.32 Å². The predicted octanol–water partition coefficient (Wildman–Crippen LogP) is 5.52. The van der Waals surface area contributed by atoms with Crippen LogP contribution in [0.15, 0.2) is 54.6 Å². The number of aryl methyl sites for hydroxylation is 3. The van der Waals surface area contributed by atoms with Gasteiger partial charge in [0.15, 0.2) is 0 Å². The van der Waals surface area contributed by atoms with Crippen LogP contribution in [0.2, 0.25) is 0 Å². The lowest BCUT2D eigenvalue weighted by molar-refractivity contribution is 0.472. The molecule has 0 bridgehead atoms. The topological polar surface area (TPSA) is 58.0 Å². The Morgan fingerprint density at radius 3 is 2.41 bits per heavy atom. The van der Waals surface area contributed by atoms with Gasteiger partial charge in [-0.1, -0.05) is 24.3 Å². The number of phenols is 1. The highest BCUT2D eigenvalue weighted by molar-refractivity contribution is 7.12. The average Bonchev–Trinajstić information content (AvgIpc) is 3.07. The molecule has 1 atom stereocenters. The molecule has 0 aliphatic heterocycles. The van der Waals surface area contributed by atoms with Gasteiger partial charge in [0, 0.05) is 32.1 Å². The first-order chi connectivity index (χ1) is 13.0. The lowest BCUT2D eigenvalue weighted by Crippen LogP contribution is -2.12. The highest BCUT2D eigenvalue weighted by Gasteiger charge is 2.22. The quantitative estimate of drug-likeness (QED) is 0.493. The van der Waals surface area contributed by atoms with Gasteiger partial charge in [0.25, 0.3) is 0 Å². The maximum atomic E-state index is 11.0. The van der Waals surface area contributed by atoms with Crippen LogP contribution in [0.3, 0.4) is 0 Å². The van der Waals surface area contributed by atoms with Gasteiger partial charge in [-0.2, -0.15) is 0 Å². The number of aromatic nitrogens is 2. The number of nitrogens with zero attached hydrogens (tertiary/aromatic N) is 2. The number of hydrogen-bond acceptors (Lipinski definition) is 5. The van der Waals surface area contributed by atoms with Crippen molar-refractivity contribution in [3.63, 3.8) is 0 Å². The second-order valence-electron chi connectivity index (χ2n) is 6.72. The Labute approximate surface area is 162 Å². The molecule has 4 rings (SSSR count). The third-order valence-corrected chi connectivity index (χ3v) is 5.61. The summed E-state index contributed by atoms with van der Waals surface area (Å²) in [6.45, 7) is 5.98. The molecule has 1 aromatic carbocycles. The summed E-state index contributed by atoms with van der Waals surface area (Å²) in [7, 11) is 0. The number of fused-ring (bicyclic) bond motifs is 1. The van der Waals surface area contributed by atoms with Crippen LogP contribution in [0.1, 0.15) is 32.7 Å². The van der Waals surface area contributed by atoms with E-state index in [1.807, 2.05) is 56.3 Å². The Kier molecular flexibility index (Phi) is 4.54. The minimum atomic E-state index is -0.204. The number of benzene rings is 1. The van der Waals surface area contributed by atoms with E-state index < -0.39 is 0 Å². The Hall–Kier alpha value is -2.92. The second kappa shape index (κ2) is 7.00. The molecule has 27 heavy (non-hydrogen) atoms. The number of anilines is 1. The van der Waals surface area contributed by atoms with E-state index in [9.17, 15) is 5.11 Å². The van der Waals surface area contributed by atoms with Crippen molar-refractivity contribution in [2.75, 3.05) is 5.32 Å². The van der Waals surface area contributed by atoms with Crippen molar-refractivity contribution >= 4 is 28.1 Å². The maximum Gasteiger partial charge on any atom is 0.147 e. The number of phenolic OH excluding ortho intramolecular Hbond substituents is 1. The normalized spacial score (nSPS) is 12.3. The number of nitrogens with one attached hydrogen (secondary N) is 1. The van der Waals surface area contributed by atoms with E-state index in [4.69, 9.17) is 0 Å². The molecule has 3 heterocycles. The highest BCUT2D eigenvalue weighted by Crippen LogP contribution is 2.38. The summed E-state index contributed by atoms with van der Waals surface area (Å²) in [4.78, 5) is 11.5. The second-order valence-corrected chi connectivity index (χ2v) is 8.04. The van der Waals surface area contributed by atoms with E-state index in [-0.39, 0.29) is 11.8 Å². The first-order valence-corrected chi connectivity index (χ1v) is 9.68. The van der Waals surface area contributed by atoms with Crippen molar-refractivity contribution in [2.45, 2.75) is 26.8 Å². The molecule has 136 valence electrons. The Balaban J connectivity index is 1.85. The van der Waals surface area contributed by atoms with Gasteiger partial charge < -0.3 is 10.4 Å². The van der Waals surface area contributed by atoms with Crippen molar-refractivity contribution in [3.05, 3.63) is 81.3 Å². The van der Waals surface area contributed by atoms with Crippen LogP contribution in [0.5, 0.6) is 5.75 Å². The summed E-state index contributed by atoms with van der Waals surface area (Å²) in [5.74, 6) is 0.996. The zero-order valence-corrected chi connectivity index (χ0v) is 16.3. The summed E-state index contributed by atoms with van der Waals surface area (Å²) >= 11 is 1.71. The minimum absolute atomic E-state index is 0.204. The van der Waals surface area contributed by atoms with Gasteiger partial charge in [0.05, 0.1) is 6.04 Å². The summed E-state index contributed by atoms with van der Waals surface area (Å²) < 4.78 is 0. The molecule has 5 heteroatoms. The predicted molar refractivity (Wildman–Crippen MR) is 112 cm³/mol. The molecule has 0 fully saturated rings. The monoisotopic (exact) mass is 375 g/mol. The number of pyridine rings is 2. The molecule has 4 nitrogen and oxygen atoms in total. The molecular weight excluding hydrogens is 354 g/mol. The van der Waals surface area contributed by atoms with Crippen molar-refractivity contribution in [3.8, 4) is 5.75 Å². The van der Waals surface area contributed by atoms with Gasteiger partial charge in [-0.15, -0.1) is 11.3 Å². The molecule has 0 saturated carbocycles. The average molecular weight is 375 g/mol. The third kappa shape index (κ3) is 3.51. The molecule has 2 N–H and O–H groups in total. The molecule has 0 aliphatic carbocycles. The number of thiophene rings is 1. The van der Waals surface area contributed by atoms with Crippen LogP contribution in [0, 0.1) is 20.8 Å². The Morgan fingerprint density at radius 2 is 1.67 bits per heavy atom.